The first-order chi connectivity index (χ1) is 11.3. The maximum Gasteiger partial charge on any atom is 0.191 e. The van der Waals surface area contributed by atoms with Gasteiger partial charge in [0.15, 0.2) is 5.96 Å². The van der Waals surface area contributed by atoms with Crippen LogP contribution in [-0.4, -0.2) is 12.5 Å². The second kappa shape index (κ2) is 7.33. The van der Waals surface area contributed by atoms with E-state index >= 15 is 0 Å². The van der Waals surface area contributed by atoms with Crippen LogP contribution in [0.1, 0.15) is 23.1 Å². The number of thiophene rings is 1. The standard InChI is InChI=1S/C18H21N3OS/c1-3-19-18(21-12-17-13(2)8-9-23-17)20-11-15-10-14-6-4-5-7-16(14)22-15/h4-10H,3,11-12H2,1-2H3,(H2,19,20,21). The molecule has 1 aromatic carbocycles. The summed E-state index contributed by atoms with van der Waals surface area (Å²) in [7, 11) is 0. The van der Waals surface area contributed by atoms with E-state index in [9.17, 15) is 0 Å². The molecule has 5 heteroatoms. The zero-order chi connectivity index (χ0) is 16.1. The summed E-state index contributed by atoms with van der Waals surface area (Å²) in [5, 5.41) is 9.88. The average molecular weight is 327 g/mol. The van der Waals surface area contributed by atoms with Gasteiger partial charge in [0.05, 0.1) is 6.54 Å². The Bertz CT molecular complexity index is 770. The molecule has 0 radical (unpaired) electrons. The molecule has 0 saturated carbocycles. The summed E-state index contributed by atoms with van der Waals surface area (Å²) in [5.41, 5.74) is 2.22. The zero-order valence-electron chi connectivity index (χ0n) is 13.4. The lowest BCUT2D eigenvalue weighted by Gasteiger charge is -2.10. The fourth-order valence-corrected chi connectivity index (χ4v) is 3.21. The van der Waals surface area contributed by atoms with Gasteiger partial charge in [-0.2, -0.15) is 0 Å². The Balaban J connectivity index is 1.67. The molecule has 0 unspecified atom stereocenters. The van der Waals surface area contributed by atoms with Gasteiger partial charge in [-0.05, 0) is 43.0 Å². The second-order valence-electron chi connectivity index (χ2n) is 5.33. The van der Waals surface area contributed by atoms with E-state index in [2.05, 4.69) is 47.0 Å². The van der Waals surface area contributed by atoms with Crippen molar-refractivity contribution < 1.29 is 4.42 Å². The molecular formula is C18H21N3OS. The number of nitrogens with zero attached hydrogens (tertiary/aromatic N) is 1. The molecule has 3 aromatic rings. The van der Waals surface area contributed by atoms with Crippen LogP contribution in [-0.2, 0) is 13.1 Å². The number of guanidine groups is 1. The fourth-order valence-electron chi connectivity index (χ4n) is 2.36. The van der Waals surface area contributed by atoms with Gasteiger partial charge in [0.25, 0.3) is 0 Å². The molecule has 0 aliphatic carbocycles. The molecule has 2 heterocycles. The first-order valence-electron chi connectivity index (χ1n) is 7.79. The van der Waals surface area contributed by atoms with Crippen LogP contribution in [0.25, 0.3) is 11.0 Å². The molecule has 0 atom stereocenters. The lowest BCUT2D eigenvalue weighted by Crippen LogP contribution is -2.36. The number of fused-ring (bicyclic) bond motifs is 1. The predicted octanol–water partition coefficient (Wildman–Crippen LogP) is 4.06. The summed E-state index contributed by atoms with van der Waals surface area (Å²) in [4.78, 5) is 5.95. The molecule has 0 amide bonds. The summed E-state index contributed by atoms with van der Waals surface area (Å²) in [6, 6.07) is 12.2. The highest BCUT2D eigenvalue weighted by atomic mass is 32.1. The largest absolute Gasteiger partial charge is 0.459 e. The van der Waals surface area contributed by atoms with Crippen LogP contribution in [0.2, 0.25) is 0 Å². The second-order valence-corrected chi connectivity index (χ2v) is 6.33. The fraction of sp³-hybridized carbons (Fsp3) is 0.278. The molecule has 0 spiro atoms. The summed E-state index contributed by atoms with van der Waals surface area (Å²) in [5.74, 6) is 1.68. The van der Waals surface area contributed by atoms with Gasteiger partial charge in [-0.25, -0.2) is 4.99 Å². The molecule has 0 aliphatic heterocycles. The normalized spacial score (nSPS) is 11.8. The molecule has 3 rings (SSSR count). The van der Waals surface area contributed by atoms with Crippen molar-refractivity contribution in [3.8, 4) is 0 Å². The number of para-hydroxylation sites is 1. The molecule has 0 saturated heterocycles. The molecule has 4 nitrogen and oxygen atoms in total. The quantitative estimate of drug-likeness (QED) is 0.549. The van der Waals surface area contributed by atoms with Gasteiger partial charge in [-0.1, -0.05) is 18.2 Å². The Hall–Kier alpha value is -2.27. The monoisotopic (exact) mass is 327 g/mol. The SMILES string of the molecule is CCNC(=NCc1cc2ccccc2o1)NCc1sccc1C. The predicted molar refractivity (Wildman–Crippen MR) is 96.9 cm³/mol. The minimum Gasteiger partial charge on any atom is -0.459 e. The summed E-state index contributed by atoms with van der Waals surface area (Å²) in [6.07, 6.45) is 0. The molecule has 0 bridgehead atoms. The average Bonchev–Trinajstić information content (AvgIpc) is 3.15. The molecule has 2 aromatic heterocycles. The van der Waals surface area contributed by atoms with E-state index in [-0.39, 0.29) is 0 Å². The highest BCUT2D eigenvalue weighted by Crippen LogP contribution is 2.19. The number of aryl methyl sites for hydroxylation is 1. The van der Waals surface area contributed by atoms with Crippen molar-refractivity contribution in [2.75, 3.05) is 6.54 Å². The molecule has 0 aliphatic rings. The topological polar surface area (TPSA) is 49.6 Å². The smallest absolute Gasteiger partial charge is 0.191 e. The van der Waals surface area contributed by atoms with Crippen molar-refractivity contribution in [1.82, 2.24) is 10.6 Å². The number of rotatable bonds is 5. The first-order valence-corrected chi connectivity index (χ1v) is 8.67. The van der Waals surface area contributed by atoms with E-state index in [1.165, 1.54) is 10.4 Å². The Kier molecular flexibility index (Phi) is 4.98. The van der Waals surface area contributed by atoms with E-state index in [0.29, 0.717) is 6.54 Å². The van der Waals surface area contributed by atoms with Crippen LogP contribution < -0.4 is 10.6 Å². The van der Waals surface area contributed by atoms with E-state index in [0.717, 1.165) is 35.8 Å². The van der Waals surface area contributed by atoms with Gasteiger partial charge in [0, 0.05) is 16.8 Å². The lowest BCUT2D eigenvalue weighted by molar-refractivity contribution is 0.551. The van der Waals surface area contributed by atoms with Gasteiger partial charge >= 0.3 is 0 Å². The van der Waals surface area contributed by atoms with Crippen LogP contribution >= 0.6 is 11.3 Å². The number of furan rings is 1. The Morgan fingerprint density at radius 2 is 2.09 bits per heavy atom. The van der Waals surface area contributed by atoms with Crippen molar-refractivity contribution in [2.24, 2.45) is 4.99 Å². The third-order valence-electron chi connectivity index (χ3n) is 3.60. The van der Waals surface area contributed by atoms with Gasteiger partial charge in [0.2, 0.25) is 0 Å². The van der Waals surface area contributed by atoms with E-state index < -0.39 is 0 Å². The third-order valence-corrected chi connectivity index (χ3v) is 4.62. The molecular weight excluding hydrogens is 306 g/mol. The number of hydrogen-bond acceptors (Lipinski definition) is 3. The summed E-state index contributed by atoms with van der Waals surface area (Å²) < 4.78 is 5.81. The first kappa shape index (κ1) is 15.6. The van der Waals surface area contributed by atoms with Crippen molar-refractivity contribution >= 4 is 28.3 Å². The lowest BCUT2D eigenvalue weighted by atomic mass is 10.2. The van der Waals surface area contributed by atoms with Crippen LogP contribution in [0.4, 0.5) is 0 Å². The van der Waals surface area contributed by atoms with Gasteiger partial charge in [0.1, 0.15) is 17.9 Å². The summed E-state index contributed by atoms with van der Waals surface area (Å²) in [6.45, 7) is 6.33. The number of hydrogen-bond donors (Lipinski definition) is 2. The number of nitrogens with one attached hydrogen (secondary N) is 2. The van der Waals surface area contributed by atoms with Crippen molar-refractivity contribution in [2.45, 2.75) is 26.9 Å². The van der Waals surface area contributed by atoms with Crippen LogP contribution in [0.3, 0.4) is 0 Å². The van der Waals surface area contributed by atoms with Crippen LogP contribution in [0.15, 0.2) is 51.2 Å². The molecule has 120 valence electrons. The maximum atomic E-state index is 5.81. The maximum absolute atomic E-state index is 5.81. The van der Waals surface area contributed by atoms with Gasteiger partial charge < -0.3 is 15.1 Å². The Morgan fingerprint density at radius 3 is 2.83 bits per heavy atom. The van der Waals surface area contributed by atoms with Crippen molar-refractivity contribution in [3.05, 3.63) is 58.0 Å². The van der Waals surface area contributed by atoms with Crippen LogP contribution in [0, 0.1) is 6.92 Å². The van der Waals surface area contributed by atoms with Crippen molar-refractivity contribution in [1.29, 1.82) is 0 Å². The highest BCUT2D eigenvalue weighted by Gasteiger charge is 2.05. The highest BCUT2D eigenvalue weighted by molar-refractivity contribution is 7.10. The molecule has 23 heavy (non-hydrogen) atoms. The van der Waals surface area contributed by atoms with Gasteiger partial charge in [-0.3, -0.25) is 0 Å². The molecule has 0 fully saturated rings. The zero-order valence-corrected chi connectivity index (χ0v) is 14.2. The minimum absolute atomic E-state index is 0.521. The van der Waals surface area contributed by atoms with Crippen molar-refractivity contribution in [3.63, 3.8) is 0 Å². The Labute approximate surface area is 140 Å². The van der Waals surface area contributed by atoms with Gasteiger partial charge in [-0.15, -0.1) is 11.3 Å². The third kappa shape index (κ3) is 3.93. The molecule has 2 N–H and O–H groups in total. The van der Waals surface area contributed by atoms with Crippen LogP contribution in [0.5, 0.6) is 0 Å². The Morgan fingerprint density at radius 1 is 1.22 bits per heavy atom. The van der Waals surface area contributed by atoms with E-state index in [1.807, 2.05) is 24.3 Å². The number of aliphatic imine (C=N–C) groups is 1. The minimum atomic E-state index is 0.521. The summed E-state index contributed by atoms with van der Waals surface area (Å²) >= 11 is 1.76. The van der Waals surface area contributed by atoms with E-state index in [4.69, 9.17) is 4.42 Å². The number of benzene rings is 1. The van der Waals surface area contributed by atoms with E-state index in [1.54, 1.807) is 11.3 Å².